The van der Waals surface area contributed by atoms with E-state index < -0.39 is 6.10 Å². The van der Waals surface area contributed by atoms with Gasteiger partial charge in [-0.1, -0.05) is 48.5 Å². The predicted octanol–water partition coefficient (Wildman–Crippen LogP) is 3.69. The highest BCUT2D eigenvalue weighted by atomic mass is 16.3. The van der Waals surface area contributed by atoms with Gasteiger partial charge in [0, 0.05) is 24.8 Å². The van der Waals surface area contributed by atoms with Crippen LogP contribution in [0.3, 0.4) is 0 Å². The molecule has 4 rings (SSSR count). The second kappa shape index (κ2) is 8.45. The van der Waals surface area contributed by atoms with E-state index in [-0.39, 0.29) is 11.9 Å². The average Bonchev–Trinajstić information content (AvgIpc) is 3.18. The first-order valence-electron chi connectivity index (χ1n) is 9.96. The molecule has 2 heterocycles. The first-order valence-corrected chi connectivity index (χ1v) is 9.96. The fraction of sp³-hybridized carbons (Fsp3) is 0.250. The van der Waals surface area contributed by atoms with Gasteiger partial charge in [0.1, 0.15) is 5.82 Å². The Morgan fingerprint density at radius 1 is 1.10 bits per heavy atom. The zero-order chi connectivity index (χ0) is 20.2. The van der Waals surface area contributed by atoms with E-state index in [0.29, 0.717) is 24.3 Å². The number of aromatic nitrogens is 1. The molecule has 2 unspecified atom stereocenters. The maximum atomic E-state index is 12.9. The van der Waals surface area contributed by atoms with Crippen LogP contribution in [0.5, 0.6) is 0 Å². The van der Waals surface area contributed by atoms with Crippen LogP contribution < -0.4 is 10.2 Å². The lowest BCUT2D eigenvalue weighted by atomic mass is 10.0. The lowest BCUT2D eigenvalue weighted by molar-refractivity contribution is 0.0989. The average molecular weight is 387 g/mol. The van der Waals surface area contributed by atoms with E-state index in [1.807, 2.05) is 60.4 Å². The van der Waals surface area contributed by atoms with Crippen molar-refractivity contribution in [1.82, 2.24) is 4.98 Å². The largest absolute Gasteiger partial charge is 0.391 e. The summed E-state index contributed by atoms with van der Waals surface area (Å²) in [5.41, 5.74) is 3.84. The van der Waals surface area contributed by atoms with Crippen molar-refractivity contribution in [3.05, 3.63) is 89.6 Å². The molecule has 148 valence electrons. The molecule has 5 heteroatoms. The third-order valence-corrected chi connectivity index (χ3v) is 5.38. The van der Waals surface area contributed by atoms with Gasteiger partial charge in [0.15, 0.2) is 0 Å². The molecule has 5 nitrogen and oxygen atoms in total. The number of pyridine rings is 1. The van der Waals surface area contributed by atoms with Gasteiger partial charge in [-0.2, -0.15) is 0 Å². The summed E-state index contributed by atoms with van der Waals surface area (Å²) in [6, 6.07) is 21.3. The fourth-order valence-electron chi connectivity index (χ4n) is 3.67. The number of hydrogen-bond acceptors (Lipinski definition) is 4. The Morgan fingerprint density at radius 3 is 2.62 bits per heavy atom. The van der Waals surface area contributed by atoms with E-state index in [1.165, 1.54) is 5.56 Å². The Kier molecular flexibility index (Phi) is 5.58. The summed E-state index contributed by atoms with van der Waals surface area (Å²) < 4.78 is 0. The third-order valence-electron chi connectivity index (χ3n) is 5.38. The Labute approximate surface area is 171 Å². The quantitative estimate of drug-likeness (QED) is 0.677. The van der Waals surface area contributed by atoms with Crippen LogP contribution in [0.4, 0.5) is 11.5 Å². The minimum Gasteiger partial charge on any atom is -0.391 e. The van der Waals surface area contributed by atoms with E-state index in [2.05, 4.69) is 16.4 Å². The van der Waals surface area contributed by atoms with Crippen LogP contribution >= 0.6 is 0 Å². The second-order valence-corrected chi connectivity index (χ2v) is 7.46. The molecule has 3 aromatic rings. The summed E-state index contributed by atoms with van der Waals surface area (Å²) in [6.07, 6.45) is 2.51. The number of aliphatic hydroxyl groups excluding tert-OH is 1. The highest BCUT2D eigenvalue weighted by molar-refractivity contribution is 6.07. The van der Waals surface area contributed by atoms with Crippen molar-refractivity contribution < 1.29 is 9.90 Å². The Balaban J connectivity index is 1.38. The lowest BCUT2D eigenvalue weighted by Crippen LogP contribution is -2.33. The molecule has 29 heavy (non-hydrogen) atoms. The summed E-state index contributed by atoms with van der Waals surface area (Å²) in [5, 5.41) is 13.7. The first-order chi connectivity index (χ1) is 14.1. The van der Waals surface area contributed by atoms with Crippen molar-refractivity contribution in [2.75, 3.05) is 16.8 Å². The van der Waals surface area contributed by atoms with Crippen LogP contribution in [0.25, 0.3) is 0 Å². The van der Waals surface area contributed by atoms with Crippen molar-refractivity contribution in [2.45, 2.75) is 31.9 Å². The number of carbonyl (C=O) groups excluding carboxylic acids is 1. The molecule has 1 aromatic heterocycles. The molecule has 0 saturated carbocycles. The monoisotopic (exact) mass is 387 g/mol. The third kappa shape index (κ3) is 4.30. The van der Waals surface area contributed by atoms with Gasteiger partial charge in [0.25, 0.3) is 5.91 Å². The summed E-state index contributed by atoms with van der Waals surface area (Å²) in [7, 11) is 0. The lowest BCUT2D eigenvalue weighted by Gasteiger charge is -2.21. The number of hydrogen-bond donors (Lipinski definition) is 2. The Morgan fingerprint density at radius 2 is 1.86 bits per heavy atom. The van der Waals surface area contributed by atoms with Crippen molar-refractivity contribution >= 4 is 17.4 Å². The van der Waals surface area contributed by atoms with E-state index >= 15 is 0 Å². The smallest absolute Gasteiger partial charge is 0.259 e. The predicted molar refractivity (Wildman–Crippen MR) is 115 cm³/mol. The van der Waals surface area contributed by atoms with Gasteiger partial charge in [-0.3, -0.25) is 4.79 Å². The molecular weight excluding hydrogens is 362 g/mol. The molecule has 1 amide bonds. The van der Waals surface area contributed by atoms with Gasteiger partial charge in [-0.05, 0) is 42.7 Å². The van der Waals surface area contributed by atoms with Gasteiger partial charge in [0.05, 0.1) is 17.7 Å². The van der Waals surface area contributed by atoms with Gasteiger partial charge in [-0.15, -0.1) is 0 Å². The molecule has 0 radical (unpaired) electrons. The molecule has 1 aliphatic rings. The molecular formula is C24H25N3O2. The normalized spacial score (nSPS) is 14.9. The van der Waals surface area contributed by atoms with Gasteiger partial charge in [0.2, 0.25) is 0 Å². The number of nitrogens with zero attached hydrogens (tertiary/aromatic N) is 2. The summed E-state index contributed by atoms with van der Waals surface area (Å²) in [5.74, 6) is 0.606. The zero-order valence-corrected chi connectivity index (χ0v) is 16.5. The number of nitrogens with one attached hydrogen (secondary N) is 1. The van der Waals surface area contributed by atoms with E-state index in [9.17, 15) is 9.90 Å². The highest BCUT2D eigenvalue weighted by Crippen LogP contribution is 2.28. The van der Waals surface area contributed by atoms with E-state index in [1.54, 1.807) is 18.3 Å². The Hall–Kier alpha value is -3.18. The van der Waals surface area contributed by atoms with Crippen LogP contribution in [0.1, 0.15) is 28.4 Å². The van der Waals surface area contributed by atoms with Crippen molar-refractivity contribution in [2.24, 2.45) is 0 Å². The fourth-order valence-corrected chi connectivity index (χ4v) is 3.67. The molecule has 0 spiro atoms. The molecule has 2 N–H and O–H groups in total. The maximum Gasteiger partial charge on any atom is 0.259 e. The first kappa shape index (κ1) is 19.2. The number of benzene rings is 2. The van der Waals surface area contributed by atoms with E-state index in [4.69, 9.17) is 0 Å². The molecule has 0 fully saturated rings. The van der Waals surface area contributed by atoms with Crippen molar-refractivity contribution in [1.29, 1.82) is 0 Å². The van der Waals surface area contributed by atoms with Crippen molar-refractivity contribution in [3.63, 3.8) is 0 Å². The van der Waals surface area contributed by atoms with Gasteiger partial charge < -0.3 is 15.3 Å². The molecule has 1 aliphatic heterocycles. The number of carbonyl (C=O) groups is 1. The van der Waals surface area contributed by atoms with Crippen molar-refractivity contribution in [3.8, 4) is 0 Å². The van der Waals surface area contributed by atoms with Gasteiger partial charge in [-0.25, -0.2) is 4.98 Å². The standard InChI is InChI=1S/C24H25N3O2/c1-17(22(28)15-18-7-3-2-4-8-18)26-23-12-11-20(16-25-23)24(29)27-14-13-19-9-5-6-10-21(19)27/h2-12,16-17,22,28H,13-15H2,1H3,(H,25,26). The number of rotatable bonds is 6. The summed E-state index contributed by atoms with van der Waals surface area (Å²) in [6.45, 7) is 2.62. The molecule has 0 saturated heterocycles. The summed E-state index contributed by atoms with van der Waals surface area (Å²) in [4.78, 5) is 19.1. The van der Waals surface area contributed by atoms with Crippen LogP contribution in [-0.4, -0.2) is 34.7 Å². The number of aliphatic hydroxyl groups is 1. The Bertz CT molecular complexity index is 973. The number of para-hydroxylation sites is 1. The van der Waals surface area contributed by atoms with Crippen LogP contribution in [0.15, 0.2) is 72.9 Å². The SMILES string of the molecule is CC(Nc1ccc(C(=O)N2CCc3ccccc32)cn1)C(O)Cc1ccccc1. The molecule has 0 aliphatic carbocycles. The second-order valence-electron chi connectivity index (χ2n) is 7.46. The zero-order valence-electron chi connectivity index (χ0n) is 16.5. The number of anilines is 2. The van der Waals surface area contributed by atoms with E-state index in [0.717, 1.165) is 17.7 Å². The minimum absolute atomic E-state index is 0.0360. The molecule has 2 aromatic carbocycles. The molecule has 0 bridgehead atoms. The minimum atomic E-state index is -0.540. The molecule has 2 atom stereocenters. The number of fused-ring (bicyclic) bond motifs is 1. The van der Waals surface area contributed by atoms with Gasteiger partial charge >= 0.3 is 0 Å². The number of amides is 1. The van der Waals surface area contributed by atoms with Crippen LogP contribution in [0, 0.1) is 0 Å². The maximum absolute atomic E-state index is 12.9. The summed E-state index contributed by atoms with van der Waals surface area (Å²) >= 11 is 0. The van der Waals surface area contributed by atoms with Crippen LogP contribution in [-0.2, 0) is 12.8 Å². The van der Waals surface area contributed by atoms with Crippen LogP contribution in [0.2, 0.25) is 0 Å². The topological polar surface area (TPSA) is 65.5 Å². The highest BCUT2D eigenvalue weighted by Gasteiger charge is 2.25.